The molecule has 2 rings (SSSR count). The summed E-state index contributed by atoms with van der Waals surface area (Å²) in [7, 11) is -1.57. The molecule has 8 nitrogen and oxygen atoms in total. The van der Waals surface area contributed by atoms with E-state index in [1.165, 1.54) is 14.2 Å². The van der Waals surface area contributed by atoms with Gasteiger partial charge in [0.25, 0.3) is 10.0 Å². The van der Waals surface area contributed by atoms with Crippen molar-refractivity contribution < 1.29 is 32.6 Å². The molecule has 0 heterocycles. The third kappa shape index (κ3) is 4.47. The van der Waals surface area contributed by atoms with Crippen LogP contribution in [0.3, 0.4) is 0 Å². The molecule has 2 aromatic carbocycles. The van der Waals surface area contributed by atoms with E-state index in [2.05, 4.69) is 0 Å². The number of hydrogen-bond acceptors (Lipinski definition) is 6. The molecule has 0 aliphatic carbocycles. The lowest BCUT2D eigenvalue weighted by Crippen LogP contribution is -2.24. The second kappa shape index (κ2) is 7.97. The predicted octanol–water partition coefficient (Wildman–Crippen LogP) is 1.81. The molecule has 0 unspecified atom stereocenters. The highest BCUT2D eigenvalue weighted by Gasteiger charge is 2.24. The van der Waals surface area contributed by atoms with Gasteiger partial charge in [-0.3, -0.25) is 4.84 Å². The van der Waals surface area contributed by atoms with E-state index in [4.69, 9.17) is 14.3 Å². The van der Waals surface area contributed by atoms with E-state index >= 15 is 0 Å². The number of carboxylic acid groups (broad SMARTS) is 1. The van der Waals surface area contributed by atoms with Crippen molar-refractivity contribution in [2.24, 2.45) is 0 Å². The van der Waals surface area contributed by atoms with Gasteiger partial charge in [-0.05, 0) is 11.6 Å². The maximum absolute atomic E-state index is 12.3. The molecule has 0 aliphatic heterocycles. The molecule has 0 fully saturated rings. The predicted molar refractivity (Wildman–Crippen MR) is 88.1 cm³/mol. The summed E-state index contributed by atoms with van der Waals surface area (Å²) in [4.78, 5) is 18.0. The third-order valence-corrected chi connectivity index (χ3v) is 4.44. The van der Waals surface area contributed by atoms with Gasteiger partial charge in [-0.2, -0.15) is 0 Å². The molecular weight excluding hydrogens is 350 g/mol. The van der Waals surface area contributed by atoms with Crippen molar-refractivity contribution in [3.63, 3.8) is 0 Å². The Morgan fingerprint density at radius 2 is 1.80 bits per heavy atom. The smallest absolute Gasteiger partial charge is 0.339 e. The van der Waals surface area contributed by atoms with E-state index < -0.39 is 16.0 Å². The van der Waals surface area contributed by atoms with Crippen LogP contribution in [0.5, 0.6) is 11.5 Å². The average molecular weight is 367 g/mol. The Bertz CT molecular complexity index is 850. The van der Waals surface area contributed by atoms with Crippen LogP contribution in [0.4, 0.5) is 0 Å². The minimum absolute atomic E-state index is 0.0130. The van der Waals surface area contributed by atoms with Crippen molar-refractivity contribution in [3.05, 3.63) is 53.6 Å². The first-order chi connectivity index (χ1) is 11.9. The van der Waals surface area contributed by atoms with Crippen LogP contribution < -0.4 is 14.4 Å². The fraction of sp³-hybridized carbons (Fsp3) is 0.188. The van der Waals surface area contributed by atoms with Crippen LogP contribution in [-0.4, -0.2) is 33.7 Å². The molecule has 0 spiro atoms. The summed E-state index contributed by atoms with van der Waals surface area (Å²) >= 11 is 0. The van der Waals surface area contributed by atoms with Gasteiger partial charge in [0.15, 0.2) is 11.5 Å². The van der Waals surface area contributed by atoms with Crippen LogP contribution >= 0.6 is 0 Å². The highest BCUT2D eigenvalue weighted by molar-refractivity contribution is 7.89. The van der Waals surface area contributed by atoms with Crippen LogP contribution in [0.2, 0.25) is 0 Å². The monoisotopic (exact) mass is 367 g/mol. The van der Waals surface area contributed by atoms with Crippen molar-refractivity contribution >= 4 is 16.0 Å². The first-order valence-corrected chi connectivity index (χ1v) is 8.54. The topological polar surface area (TPSA) is 111 Å². The maximum Gasteiger partial charge on any atom is 0.339 e. The number of carbonyl (C=O) groups is 1. The Hall–Kier alpha value is -2.62. The van der Waals surface area contributed by atoms with Gasteiger partial charge in [0, 0.05) is 6.07 Å². The Morgan fingerprint density at radius 3 is 2.36 bits per heavy atom. The highest BCUT2D eigenvalue weighted by atomic mass is 32.2. The molecule has 0 bridgehead atoms. The number of hydrogen-bond donors (Lipinski definition) is 2. The van der Waals surface area contributed by atoms with E-state index in [-0.39, 0.29) is 28.6 Å². The van der Waals surface area contributed by atoms with Gasteiger partial charge in [0.05, 0.1) is 25.7 Å². The summed E-state index contributed by atoms with van der Waals surface area (Å²) in [6.45, 7) is 0.0130. The standard InChI is InChI=1S/C16H17NO7S/c1-22-14-9-12(8-13(16(18)19)15(14)23-2)25(20,21)17-24-10-11-6-4-3-5-7-11/h3-9,17H,10H2,1-2H3,(H,18,19). The van der Waals surface area contributed by atoms with Crippen LogP contribution in [-0.2, 0) is 21.5 Å². The zero-order valence-electron chi connectivity index (χ0n) is 13.6. The molecule has 134 valence electrons. The van der Waals surface area contributed by atoms with E-state index in [0.717, 1.165) is 17.7 Å². The fourth-order valence-electron chi connectivity index (χ4n) is 2.07. The lowest BCUT2D eigenvalue weighted by molar-refractivity contribution is 0.0692. The Kier molecular flexibility index (Phi) is 5.97. The minimum atomic E-state index is -4.12. The fourth-order valence-corrected chi connectivity index (χ4v) is 2.91. The van der Waals surface area contributed by atoms with Crippen LogP contribution in [0.15, 0.2) is 47.4 Å². The molecule has 2 N–H and O–H groups in total. The van der Waals surface area contributed by atoms with Crippen molar-refractivity contribution in [2.75, 3.05) is 14.2 Å². The second-order valence-electron chi connectivity index (χ2n) is 4.87. The zero-order chi connectivity index (χ0) is 18.4. The van der Waals surface area contributed by atoms with E-state index in [1.54, 1.807) is 24.3 Å². The van der Waals surface area contributed by atoms with Gasteiger partial charge in [-0.25, -0.2) is 13.2 Å². The Morgan fingerprint density at radius 1 is 1.12 bits per heavy atom. The molecule has 0 amide bonds. The van der Waals surface area contributed by atoms with Crippen molar-refractivity contribution in [3.8, 4) is 11.5 Å². The molecule has 9 heteroatoms. The zero-order valence-corrected chi connectivity index (χ0v) is 14.4. The lowest BCUT2D eigenvalue weighted by atomic mass is 10.2. The molecular formula is C16H17NO7S. The highest BCUT2D eigenvalue weighted by Crippen LogP contribution is 2.34. The number of carboxylic acids is 1. The van der Waals surface area contributed by atoms with Crippen molar-refractivity contribution in [2.45, 2.75) is 11.5 Å². The minimum Gasteiger partial charge on any atom is -0.493 e. The van der Waals surface area contributed by atoms with Crippen LogP contribution in [0.1, 0.15) is 15.9 Å². The molecule has 25 heavy (non-hydrogen) atoms. The summed E-state index contributed by atoms with van der Waals surface area (Å²) in [6, 6.07) is 11.1. The molecule has 0 radical (unpaired) electrons. The largest absolute Gasteiger partial charge is 0.493 e. The molecule has 0 saturated heterocycles. The number of benzene rings is 2. The molecule has 0 saturated carbocycles. The molecule has 0 aliphatic rings. The number of methoxy groups -OCH3 is 2. The number of nitrogens with one attached hydrogen (secondary N) is 1. The van der Waals surface area contributed by atoms with E-state index in [1.807, 2.05) is 11.0 Å². The Labute approximate surface area is 145 Å². The average Bonchev–Trinajstić information content (AvgIpc) is 2.61. The quantitative estimate of drug-likeness (QED) is 0.685. The van der Waals surface area contributed by atoms with Gasteiger partial charge in [0.2, 0.25) is 0 Å². The summed E-state index contributed by atoms with van der Waals surface area (Å²) in [5.41, 5.74) is 0.425. The first-order valence-electron chi connectivity index (χ1n) is 7.06. The van der Waals surface area contributed by atoms with Gasteiger partial charge in [-0.1, -0.05) is 35.2 Å². The molecule has 2 aromatic rings. The van der Waals surface area contributed by atoms with Gasteiger partial charge >= 0.3 is 5.97 Å². The van der Waals surface area contributed by atoms with Crippen LogP contribution in [0.25, 0.3) is 0 Å². The number of rotatable bonds is 8. The first kappa shape index (κ1) is 18.7. The molecule has 0 aromatic heterocycles. The Balaban J connectivity index is 2.26. The number of aromatic carboxylic acids is 1. The van der Waals surface area contributed by atoms with Gasteiger partial charge in [-0.15, -0.1) is 0 Å². The normalized spacial score (nSPS) is 11.1. The SMILES string of the molecule is COc1cc(S(=O)(=O)NOCc2ccccc2)cc(C(=O)O)c1OC. The molecule has 0 atom stereocenters. The van der Waals surface area contributed by atoms with E-state index in [0.29, 0.717) is 0 Å². The maximum atomic E-state index is 12.3. The van der Waals surface area contributed by atoms with E-state index in [9.17, 15) is 18.3 Å². The summed E-state index contributed by atoms with van der Waals surface area (Å²) < 4.78 is 34.7. The summed E-state index contributed by atoms with van der Waals surface area (Å²) in [5, 5.41) is 9.25. The number of ether oxygens (including phenoxy) is 2. The summed E-state index contributed by atoms with van der Waals surface area (Å²) in [5.74, 6) is -1.44. The van der Waals surface area contributed by atoms with Gasteiger partial charge < -0.3 is 14.6 Å². The lowest BCUT2D eigenvalue weighted by Gasteiger charge is -2.13. The third-order valence-electron chi connectivity index (χ3n) is 3.24. The van der Waals surface area contributed by atoms with Gasteiger partial charge in [0.1, 0.15) is 5.56 Å². The van der Waals surface area contributed by atoms with Crippen molar-refractivity contribution in [1.29, 1.82) is 0 Å². The van der Waals surface area contributed by atoms with Crippen LogP contribution in [0, 0.1) is 0 Å². The van der Waals surface area contributed by atoms with Crippen molar-refractivity contribution in [1.82, 2.24) is 4.89 Å². The number of sulfonamides is 1. The summed E-state index contributed by atoms with van der Waals surface area (Å²) in [6.07, 6.45) is 0. The second-order valence-corrected chi connectivity index (χ2v) is 6.52.